The van der Waals surface area contributed by atoms with E-state index in [0.717, 1.165) is 25.0 Å². The first-order valence-electron chi connectivity index (χ1n) is 8.06. The SMILES string of the molecule is O=C(O)[C@H]1CN(C(=O)COc2cccc(C(F)(F)F)c2)C[C@@H]1C1CC1. The number of aliphatic carboxylic acids is 1. The van der Waals surface area contributed by atoms with Crippen molar-refractivity contribution in [3.8, 4) is 5.75 Å². The zero-order chi connectivity index (χ0) is 18.2. The first-order chi connectivity index (χ1) is 11.8. The van der Waals surface area contributed by atoms with Crippen molar-refractivity contribution in [1.82, 2.24) is 4.90 Å². The van der Waals surface area contributed by atoms with Crippen molar-refractivity contribution in [1.29, 1.82) is 0 Å². The Morgan fingerprint density at radius 3 is 2.56 bits per heavy atom. The number of carboxylic acids is 1. The predicted octanol–water partition coefficient (Wildman–Crippen LogP) is 2.65. The zero-order valence-electron chi connectivity index (χ0n) is 13.3. The number of likely N-dealkylation sites (tertiary alicyclic amines) is 1. The molecule has 0 aromatic heterocycles. The highest BCUT2D eigenvalue weighted by Gasteiger charge is 2.46. The van der Waals surface area contributed by atoms with Gasteiger partial charge in [0.2, 0.25) is 0 Å². The summed E-state index contributed by atoms with van der Waals surface area (Å²) in [6.07, 6.45) is -2.51. The summed E-state index contributed by atoms with van der Waals surface area (Å²) in [5, 5.41) is 9.30. The van der Waals surface area contributed by atoms with E-state index in [0.29, 0.717) is 12.5 Å². The van der Waals surface area contributed by atoms with Crippen LogP contribution in [0.15, 0.2) is 24.3 Å². The zero-order valence-corrected chi connectivity index (χ0v) is 13.3. The van der Waals surface area contributed by atoms with Crippen molar-refractivity contribution < 1.29 is 32.6 Å². The number of nitrogens with zero attached hydrogens (tertiary/aromatic N) is 1. The second-order valence-electron chi connectivity index (χ2n) is 6.56. The summed E-state index contributed by atoms with van der Waals surface area (Å²) in [4.78, 5) is 25.0. The van der Waals surface area contributed by atoms with E-state index in [2.05, 4.69) is 0 Å². The van der Waals surface area contributed by atoms with Crippen molar-refractivity contribution in [2.45, 2.75) is 19.0 Å². The van der Waals surface area contributed by atoms with E-state index in [1.54, 1.807) is 0 Å². The smallest absolute Gasteiger partial charge is 0.416 e. The number of carbonyl (C=O) groups excluding carboxylic acids is 1. The van der Waals surface area contributed by atoms with Gasteiger partial charge < -0.3 is 14.7 Å². The van der Waals surface area contributed by atoms with Gasteiger partial charge in [-0.1, -0.05) is 6.07 Å². The van der Waals surface area contributed by atoms with Crippen molar-refractivity contribution >= 4 is 11.9 Å². The van der Waals surface area contributed by atoms with Gasteiger partial charge in [0, 0.05) is 13.1 Å². The summed E-state index contributed by atoms with van der Waals surface area (Å²) in [7, 11) is 0. The second-order valence-corrected chi connectivity index (χ2v) is 6.56. The molecule has 5 nitrogen and oxygen atoms in total. The first kappa shape index (κ1) is 17.6. The molecule has 1 saturated carbocycles. The summed E-state index contributed by atoms with van der Waals surface area (Å²) >= 11 is 0. The van der Waals surface area contributed by atoms with Gasteiger partial charge in [-0.05, 0) is 42.9 Å². The lowest BCUT2D eigenvalue weighted by Gasteiger charge is -2.17. The average Bonchev–Trinajstić information content (AvgIpc) is 3.30. The van der Waals surface area contributed by atoms with Crippen LogP contribution in [0, 0.1) is 17.8 Å². The third-order valence-electron chi connectivity index (χ3n) is 4.79. The molecule has 1 N–H and O–H groups in total. The number of ether oxygens (including phenoxy) is 1. The van der Waals surface area contributed by atoms with Crippen LogP contribution in [0.1, 0.15) is 18.4 Å². The fourth-order valence-electron chi connectivity index (χ4n) is 3.29. The van der Waals surface area contributed by atoms with Crippen molar-refractivity contribution in [2.24, 2.45) is 17.8 Å². The lowest BCUT2D eigenvalue weighted by molar-refractivity contribution is -0.143. The average molecular weight is 357 g/mol. The van der Waals surface area contributed by atoms with Gasteiger partial charge >= 0.3 is 12.1 Å². The van der Waals surface area contributed by atoms with Crippen molar-refractivity contribution in [3.63, 3.8) is 0 Å². The molecule has 1 aliphatic carbocycles. The molecular weight excluding hydrogens is 339 g/mol. The summed E-state index contributed by atoms with van der Waals surface area (Å²) in [6.45, 7) is 0.0821. The molecule has 1 aromatic carbocycles. The Morgan fingerprint density at radius 2 is 1.96 bits per heavy atom. The molecule has 1 heterocycles. The molecule has 1 amide bonds. The summed E-state index contributed by atoms with van der Waals surface area (Å²) in [5.41, 5.74) is -0.849. The van der Waals surface area contributed by atoms with E-state index in [9.17, 15) is 27.9 Å². The molecular formula is C17H18F3NO4. The molecule has 2 fully saturated rings. The Hall–Kier alpha value is -2.25. The van der Waals surface area contributed by atoms with Crippen LogP contribution in [0.3, 0.4) is 0 Å². The Bertz CT molecular complexity index is 672. The molecule has 8 heteroatoms. The van der Waals surface area contributed by atoms with Crippen LogP contribution in [0.4, 0.5) is 13.2 Å². The molecule has 1 aliphatic heterocycles. The minimum atomic E-state index is -4.48. The number of hydrogen-bond acceptors (Lipinski definition) is 3. The van der Waals surface area contributed by atoms with E-state index in [1.165, 1.54) is 17.0 Å². The maximum Gasteiger partial charge on any atom is 0.416 e. The maximum atomic E-state index is 12.7. The molecule has 1 saturated heterocycles. The highest BCUT2D eigenvalue weighted by molar-refractivity contribution is 5.80. The third-order valence-corrected chi connectivity index (χ3v) is 4.79. The second kappa shape index (κ2) is 6.57. The Balaban J connectivity index is 1.59. The van der Waals surface area contributed by atoms with Gasteiger partial charge in [0.1, 0.15) is 5.75 Å². The minimum absolute atomic E-state index is 0.0455. The number of hydrogen-bond donors (Lipinski definition) is 1. The Labute approximate surface area is 142 Å². The lowest BCUT2D eigenvalue weighted by Crippen LogP contribution is -2.34. The quantitative estimate of drug-likeness (QED) is 0.880. The van der Waals surface area contributed by atoms with Gasteiger partial charge in [-0.25, -0.2) is 0 Å². The van der Waals surface area contributed by atoms with E-state index >= 15 is 0 Å². The number of carbonyl (C=O) groups is 2. The normalized spacial score (nSPS) is 23.6. The van der Waals surface area contributed by atoms with Crippen LogP contribution >= 0.6 is 0 Å². The Morgan fingerprint density at radius 1 is 1.24 bits per heavy atom. The van der Waals surface area contributed by atoms with E-state index in [1.807, 2.05) is 0 Å². The van der Waals surface area contributed by atoms with Crippen LogP contribution in [0.25, 0.3) is 0 Å². The van der Waals surface area contributed by atoms with Gasteiger partial charge in [0.15, 0.2) is 6.61 Å². The summed E-state index contributed by atoms with van der Waals surface area (Å²) < 4.78 is 43.2. The van der Waals surface area contributed by atoms with Crippen LogP contribution < -0.4 is 4.74 Å². The molecule has 0 radical (unpaired) electrons. The highest BCUT2D eigenvalue weighted by atomic mass is 19.4. The number of halogens is 3. The standard InChI is InChI=1S/C17H18F3NO4/c18-17(19,20)11-2-1-3-12(6-11)25-9-15(22)21-7-13(10-4-5-10)14(8-21)16(23)24/h1-3,6,10,13-14H,4-5,7-9H2,(H,23,24)/t13-,14+/m1/s1. The fourth-order valence-corrected chi connectivity index (χ4v) is 3.29. The molecule has 0 spiro atoms. The molecule has 25 heavy (non-hydrogen) atoms. The van der Waals surface area contributed by atoms with Crippen LogP contribution in [-0.2, 0) is 15.8 Å². The van der Waals surface area contributed by atoms with Gasteiger partial charge in [0.05, 0.1) is 11.5 Å². The largest absolute Gasteiger partial charge is 0.484 e. The third kappa shape index (κ3) is 4.05. The van der Waals surface area contributed by atoms with Gasteiger partial charge in [-0.3, -0.25) is 9.59 Å². The van der Waals surface area contributed by atoms with E-state index in [4.69, 9.17) is 4.74 Å². The molecule has 2 atom stereocenters. The molecule has 3 rings (SSSR count). The Kier molecular flexibility index (Phi) is 4.62. The first-order valence-corrected chi connectivity index (χ1v) is 8.06. The highest BCUT2D eigenvalue weighted by Crippen LogP contribution is 2.44. The van der Waals surface area contributed by atoms with E-state index in [-0.39, 0.29) is 18.2 Å². The van der Waals surface area contributed by atoms with Crippen LogP contribution in [0.5, 0.6) is 5.75 Å². The van der Waals surface area contributed by atoms with Crippen molar-refractivity contribution in [2.75, 3.05) is 19.7 Å². The van der Waals surface area contributed by atoms with E-state index < -0.39 is 36.1 Å². The van der Waals surface area contributed by atoms with Gasteiger partial charge in [0.25, 0.3) is 5.91 Å². The fraction of sp³-hybridized carbons (Fsp3) is 0.529. The topological polar surface area (TPSA) is 66.8 Å². The molecule has 1 aromatic rings. The maximum absolute atomic E-state index is 12.7. The number of rotatable bonds is 5. The molecule has 0 bridgehead atoms. The molecule has 2 aliphatic rings. The number of benzene rings is 1. The van der Waals surface area contributed by atoms with Crippen LogP contribution in [-0.4, -0.2) is 41.6 Å². The summed E-state index contributed by atoms with van der Waals surface area (Å²) in [6, 6.07) is 4.32. The number of alkyl halides is 3. The number of carboxylic acid groups (broad SMARTS) is 1. The number of amides is 1. The predicted molar refractivity (Wildman–Crippen MR) is 80.9 cm³/mol. The molecule has 136 valence electrons. The lowest BCUT2D eigenvalue weighted by atomic mass is 9.92. The van der Waals surface area contributed by atoms with Crippen molar-refractivity contribution in [3.05, 3.63) is 29.8 Å². The monoisotopic (exact) mass is 357 g/mol. The molecule has 0 unspecified atom stereocenters. The summed E-state index contributed by atoms with van der Waals surface area (Å²) in [5.74, 6) is -1.64. The van der Waals surface area contributed by atoms with Gasteiger partial charge in [-0.15, -0.1) is 0 Å². The van der Waals surface area contributed by atoms with Gasteiger partial charge in [-0.2, -0.15) is 13.2 Å². The van der Waals surface area contributed by atoms with Crippen LogP contribution in [0.2, 0.25) is 0 Å². The minimum Gasteiger partial charge on any atom is -0.484 e.